The third kappa shape index (κ3) is 5.19. The summed E-state index contributed by atoms with van der Waals surface area (Å²) >= 11 is 5.84. The molecule has 38 heavy (non-hydrogen) atoms. The van der Waals surface area contributed by atoms with Crippen molar-refractivity contribution in [3.05, 3.63) is 111 Å². The van der Waals surface area contributed by atoms with Crippen LogP contribution in [0.3, 0.4) is 0 Å². The first-order chi connectivity index (χ1) is 18.4. The molecule has 1 aromatic heterocycles. The zero-order valence-corrected chi connectivity index (χ0v) is 21.3. The molecule has 0 spiro atoms. The second-order valence-corrected chi connectivity index (χ2v) is 9.15. The van der Waals surface area contributed by atoms with Crippen LogP contribution in [0.15, 0.2) is 77.6 Å². The number of amides is 2. The molecule has 8 nitrogen and oxygen atoms in total. The van der Waals surface area contributed by atoms with Gasteiger partial charge in [-0.05, 0) is 42.0 Å². The third-order valence-electron chi connectivity index (χ3n) is 6.33. The molecule has 2 heterocycles. The van der Waals surface area contributed by atoms with E-state index in [1.165, 1.54) is 21.6 Å². The van der Waals surface area contributed by atoms with Crippen LogP contribution in [0.4, 0.5) is 20.8 Å². The third-order valence-corrected chi connectivity index (χ3v) is 6.63. The molecule has 3 aromatic carbocycles. The average Bonchev–Trinajstić information content (AvgIpc) is 2.95. The highest BCUT2D eigenvalue weighted by atomic mass is 35.5. The number of methoxy groups -OCH3 is 1. The summed E-state index contributed by atoms with van der Waals surface area (Å²) in [4.78, 5) is 33.0. The first kappa shape index (κ1) is 25.3. The fourth-order valence-corrected chi connectivity index (χ4v) is 4.48. The van der Waals surface area contributed by atoms with Gasteiger partial charge in [-0.2, -0.15) is 0 Å². The second kappa shape index (κ2) is 10.9. The summed E-state index contributed by atoms with van der Waals surface area (Å²) in [5.41, 5.74) is 2.38. The molecule has 2 N–H and O–H groups in total. The monoisotopic (exact) mass is 533 g/mol. The van der Waals surface area contributed by atoms with Gasteiger partial charge in [-0.15, -0.1) is 0 Å². The van der Waals surface area contributed by atoms with Gasteiger partial charge in [0.15, 0.2) is 5.82 Å². The van der Waals surface area contributed by atoms with Crippen LogP contribution in [0, 0.1) is 5.82 Å². The van der Waals surface area contributed by atoms with E-state index in [9.17, 15) is 14.0 Å². The fraction of sp³-hybridized carbons (Fsp3) is 0.179. The van der Waals surface area contributed by atoms with Gasteiger partial charge in [0.05, 0.1) is 41.3 Å². The van der Waals surface area contributed by atoms with E-state index in [0.29, 0.717) is 42.4 Å². The number of anilines is 2. The van der Waals surface area contributed by atoms with Crippen molar-refractivity contribution in [3.63, 3.8) is 0 Å². The van der Waals surface area contributed by atoms with Crippen LogP contribution < -0.4 is 20.9 Å². The van der Waals surface area contributed by atoms with Gasteiger partial charge in [-0.3, -0.25) is 4.79 Å². The lowest BCUT2D eigenvalue weighted by Crippen LogP contribution is -2.43. The van der Waals surface area contributed by atoms with Crippen molar-refractivity contribution in [2.75, 3.05) is 24.3 Å². The normalized spacial score (nSPS) is 12.6. The summed E-state index contributed by atoms with van der Waals surface area (Å²) in [6.45, 7) is 0.809. The number of carbonyl (C=O) groups excluding carboxylic acids is 1. The smallest absolute Gasteiger partial charge is 0.322 e. The van der Waals surface area contributed by atoms with E-state index in [2.05, 4.69) is 10.6 Å². The first-order valence-corrected chi connectivity index (χ1v) is 12.4. The summed E-state index contributed by atoms with van der Waals surface area (Å²) in [6.07, 6.45) is 0.378. The Labute approximate surface area is 223 Å². The molecule has 1 aliphatic rings. The van der Waals surface area contributed by atoms with Gasteiger partial charge in [-0.25, -0.2) is 18.7 Å². The van der Waals surface area contributed by atoms with Gasteiger partial charge in [0.1, 0.15) is 5.75 Å². The molecule has 0 radical (unpaired) electrons. The number of hydrogen-bond donors (Lipinski definition) is 2. The van der Waals surface area contributed by atoms with E-state index >= 15 is 0 Å². The van der Waals surface area contributed by atoms with E-state index in [1.807, 2.05) is 54.6 Å². The second-order valence-electron chi connectivity index (χ2n) is 8.74. The Bertz CT molecular complexity index is 1530. The number of benzene rings is 3. The highest BCUT2D eigenvalue weighted by Gasteiger charge is 2.27. The molecule has 0 atom stereocenters. The van der Waals surface area contributed by atoms with E-state index in [1.54, 1.807) is 13.2 Å². The first-order valence-electron chi connectivity index (χ1n) is 12.0. The number of fused-ring (bicyclic) bond motifs is 1. The maximum atomic E-state index is 14.3. The Balaban J connectivity index is 1.44. The largest absolute Gasteiger partial charge is 0.497 e. The minimum absolute atomic E-state index is 0.0220. The van der Waals surface area contributed by atoms with Crippen LogP contribution in [0.2, 0.25) is 5.02 Å². The van der Waals surface area contributed by atoms with Crippen LogP contribution in [-0.2, 0) is 19.5 Å². The molecule has 5 rings (SSSR count). The van der Waals surface area contributed by atoms with Crippen LogP contribution in [0.1, 0.15) is 16.8 Å². The van der Waals surface area contributed by atoms with Crippen molar-refractivity contribution < 1.29 is 13.9 Å². The number of hydrogen-bond acceptors (Lipinski definition) is 5. The quantitative estimate of drug-likeness (QED) is 0.354. The molecule has 0 saturated carbocycles. The standard InChI is InChI=1S/C28H25ClFN5O3/c1-38-20-12-10-18(11-13-20)16-31-27-32-23-14-15-34(28(37)33-24-9-5-8-22(29)25(24)30)17-21(23)26(36)35(27)19-6-3-2-4-7-19/h2-13H,14-17H2,1H3,(H,31,32)(H,33,37). The maximum absolute atomic E-state index is 14.3. The van der Waals surface area contributed by atoms with Gasteiger partial charge >= 0.3 is 6.03 Å². The summed E-state index contributed by atoms with van der Waals surface area (Å²) in [6, 6.07) is 20.7. The highest BCUT2D eigenvalue weighted by molar-refractivity contribution is 6.31. The fourth-order valence-electron chi connectivity index (χ4n) is 4.30. The minimum Gasteiger partial charge on any atom is -0.497 e. The Morgan fingerprint density at radius 2 is 1.84 bits per heavy atom. The van der Waals surface area contributed by atoms with Crippen LogP contribution in [0.25, 0.3) is 5.69 Å². The van der Waals surface area contributed by atoms with Crippen molar-refractivity contribution in [1.29, 1.82) is 0 Å². The molecule has 2 amide bonds. The number of nitrogens with zero attached hydrogens (tertiary/aromatic N) is 3. The molecule has 1 aliphatic heterocycles. The van der Waals surface area contributed by atoms with Gasteiger partial charge in [0, 0.05) is 19.5 Å². The predicted molar refractivity (Wildman–Crippen MR) is 145 cm³/mol. The van der Waals surface area contributed by atoms with Gasteiger partial charge in [0.2, 0.25) is 5.95 Å². The van der Waals surface area contributed by atoms with Crippen molar-refractivity contribution in [2.45, 2.75) is 19.5 Å². The number of urea groups is 1. The number of para-hydroxylation sites is 1. The predicted octanol–water partition coefficient (Wildman–Crippen LogP) is 5.24. The molecule has 10 heteroatoms. The Morgan fingerprint density at radius 1 is 1.08 bits per heavy atom. The molecule has 0 aliphatic carbocycles. The van der Waals surface area contributed by atoms with Crippen molar-refractivity contribution in [2.24, 2.45) is 0 Å². The lowest BCUT2D eigenvalue weighted by Gasteiger charge is -2.29. The van der Waals surface area contributed by atoms with Crippen molar-refractivity contribution in [1.82, 2.24) is 14.5 Å². The Kier molecular flexibility index (Phi) is 7.28. The van der Waals surface area contributed by atoms with Gasteiger partial charge in [-0.1, -0.05) is 48.0 Å². The lowest BCUT2D eigenvalue weighted by molar-refractivity contribution is 0.205. The summed E-state index contributed by atoms with van der Waals surface area (Å²) in [5, 5.41) is 5.76. The number of ether oxygens (including phenoxy) is 1. The highest BCUT2D eigenvalue weighted by Crippen LogP contribution is 2.24. The van der Waals surface area contributed by atoms with E-state index in [0.717, 1.165) is 11.3 Å². The van der Waals surface area contributed by atoms with Crippen LogP contribution in [0.5, 0.6) is 5.75 Å². The average molecular weight is 534 g/mol. The number of aromatic nitrogens is 2. The van der Waals surface area contributed by atoms with Gasteiger partial charge in [0.25, 0.3) is 5.56 Å². The zero-order chi connectivity index (χ0) is 26.6. The molecule has 0 saturated heterocycles. The van der Waals surface area contributed by atoms with Crippen LogP contribution in [-0.4, -0.2) is 34.1 Å². The molecular weight excluding hydrogens is 509 g/mol. The number of nitrogens with one attached hydrogen (secondary N) is 2. The van der Waals surface area contributed by atoms with Crippen molar-refractivity contribution >= 4 is 29.3 Å². The van der Waals surface area contributed by atoms with Crippen LogP contribution >= 0.6 is 11.6 Å². The minimum atomic E-state index is -0.708. The zero-order valence-electron chi connectivity index (χ0n) is 20.6. The van der Waals surface area contributed by atoms with E-state index in [4.69, 9.17) is 21.3 Å². The van der Waals surface area contributed by atoms with Gasteiger partial charge < -0.3 is 20.3 Å². The number of halogens is 2. The molecule has 0 unspecified atom stereocenters. The summed E-state index contributed by atoms with van der Waals surface area (Å²) < 4.78 is 21.0. The molecule has 194 valence electrons. The molecule has 0 fully saturated rings. The summed E-state index contributed by atoms with van der Waals surface area (Å²) in [7, 11) is 1.61. The number of rotatable bonds is 6. The van der Waals surface area contributed by atoms with E-state index in [-0.39, 0.29) is 22.8 Å². The maximum Gasteiger partial charge on any atom is 0.322 e. The van der Waals surface area contributed by atoms with E-state index < -0.39 is 11.8 Å². The summed E-state index contributed by atoms with van der Waals surface area (Å²) in [5.74, 6) is 0.462. The molecule has 0 bridgehead atoms. The SMILES string of the molecule is COc1ccc(CNc2nc3c(c(=O)n2-c2ccccc2)CN(C(=O)Nc2cccc(Cl)c2F)CC3)cc1. The molecular formula is C28H25ClFN5O3. The topological polar surface area (TPSA) is 88.5 Å². The van der Waals surface area contributed by atoms with Crippen molar-refractivity contribution in [3.8, 4) is 11.4 Å². The number of carbonyl (C=O) groups is 1. The Hall–Kier alpha value is -4.37. The molecule has 4 aromatic rings. The lowest BCUT2D eigenvalue weighted by atomic mass is 10.1. The Morgan fingerprint density at radius 3 is 2.58 bits per heavy atom.